The number of hydrogen-bond acceptors (Lipinski definition) is 3. The second kappa shape index (κ2) is 6.17. The van der Waals surface area contributed by atoms with Crippen LogP contribution in [0.1, 0.15) is 12.0 Å². The summed E-state index contributed by atoms with van der Waals surface area (Å²) in [5.41, 5.74) is 6.02. The minimum Gasteiger partial charge on any atom is -0.480 e. The van der Waals surface area contributed by atoms with Crippen LogP contribution >= 0.6 is 11.8 Å². The van der Waals surface area contributed by atoms with Crippen molar-refractivity contribution in [1.82, 2.24) is 0 Å². The molecule has 1 rings (SSSR count). The quantitative estimate of drug-likeness (QED) is 0.782. The van der Waals surface area contributed by atoms with Gasteiger partial charge in [-0.15, -0.1) is 11.8 Å². The van der Waals surface area contributed by atoms with E-state index >= 15 is 0 Å². The Morgan fingerprint density at radius 1 is 1.31 bits per heavy atom. The van der Waals surface area contributed by atoms with Crippen molar-refractivity contribution in [1.29, 1.82) is 0 Å². The van der Waals surface area contributed by atoms with Crippen LogP contribution in [0.25, 0.3) is 0 Å². The van der Waals surface area contributed by atoms with Gasteiger partial charge in [-0.1, -0.05) is 30.3 Å². The monoisotopic (exact) mass is 239 g/mol. The first-order valence-corrected chi connectivity index (χ1v) is 5.81. The number of primary amides is 1. The molecule has 1 amide bonds. The molecule has 86 valence electrons. The van der Waals surface area contributed by atoms with Gasteiger partial charge in [0.25, 0.3) is 0 Å². The third kappa shape index (κ3) is 4.35. The lowest BCUT2D eigenvalue weighted by Gasteiger charge is -2.09. The van der Waals surface area contributed by atoms with Crippen LogP contribution in [0.2, 0.25) is 0 Å². The zero-order chi connectivity index (χ0) is 12.0. The van der Waals surface area contributed by atoms with Crippen molar-refractivity contribution < 1.29 is 14.7 Å². The standard InChI is InChI=1S/C11H13NO3S/c12-10(13)6-9(11(14)15)16-7-8-4-2-1-3-5-8/h1-5,9H,6-7H2,(H2,12,13)(H,14,15)/t9-/m1/s1. The summed E-state index contributed by atoms with van der Waals surface area (Å²) in [6, 6.07) is 9.50. The van der Waals surface area contributed by atoms with E-state index in [1.54, 1.807) is 0 Å². The Labute approximate surface area is 97.8 Å². The molecule has 5 heteroatoms. The molecule has 0 fully saturated rings. The number of carbonyl (C=O) groups is 2. The van der Waals surface area contributed by atoms with Gasteiger partial charge in [0.15, 0.2) is 0 Å². The maximum absolute atomic E-state index is 10.8. The van der Waals surface area contributed by atoms with Crippen molar-refractivity contribution in [3.05, 3.63) is 35.9 Å². The summed E-state index contributed by atoms with van der Waals surface area (Å²) < 4.78 is 0. The van der Waals surface area contributed by atoms with Gasteiger partial charge < -0.3 is 10.8 Å². The Hall–Kier alpha value is -1.49. The van der Waals surface area contributed by atoms with E-state index in [-0.39, 0.29) is 6.42 Å². The van der Waals surface area contributed by atoms with Gasteiger partial charge in [0.05, 0.1) is 0 Å². The number of thioether (sulfide) groups is 1. The van der Waals surface area contributed by atoms with Crippen LogP contribution in [0.3, 0.4) is 0 Å². The third-order valence-corrected chi connectivity index (χ3v) is 3.23. The number of aliphatic carboxylic acids is 1. The number of hydrogen-bond donors (Lipinski definition) is 2. The van der Waals surface area contributed by atoms with E-state index in [1.807, 2.05) is 30.3 Å². The largest absolute Gasteiger partial charge is 0.480 e. The van der Waals surface area contributed by atoms with Crippen LogP contribution in [0, 0.1) is 0 Å². The number of rotatable bonds is 6. The fourth-order valence-electron chi connectivity index (χ4n) is 1.17. The van der Waals surface area contributed by atoms with E-state index in [4.69, 9.17) is 10.8 Å². The molecule has 0 aliphatic rings. The predicted molar refractivity (Wildman–Crippen MR) is 63.0 cm³/mol. The first-order valence-electron chi connectivity index (χ1n) is 4.76. The van der Waals surface area contributed by atoms with E-state index in [0.29, 0.717) is 5.75 Å². The second-order valence-electron chi connectivity index (χ2n) is 3.29. The van der Waals surface area contributed by atoms with Crippen LogP contribution in [0.5, 0.6) is 0 Å². The first kappa shape index (κ1) is 12.6. The van der Waals surface area contributed by atoms with Crippen LogP contribution in [0.4, 0.5) is 0 Å². The molecule has 3 N–H and O–H groups in total. The Bertz CT molecular complexity index is 367. The summed E-state index contributed by atoms with van der Waals surface area (Å²) in [7, 11) is 0. The molecule has 0 aromatic heterocycles. The van der Waals surface area contributed by atoms with Crippen molar-refractivity contribution in [2.45, 2.75) is 17.4 Å². The topological polar surface area (TPSA) is 80.4 Å². The van der Waals surface area contributed by atoms with E-state index in [1.165, 1.54) is 11.8 Å². The molecule has 4 nitrogen and oxygen atoms in total. The smallest absolute Gasteiger partial charge is 0.317 e. The van der Waals surface area contributed by atoms with E-state index in [9.17, 15) is 9.59 Å². The van der Waals surface area contributed by atoms with Gasteiger partial charge in [-0.2, -0.15) is 0 Å². The Morgan fingerprint density at radius 3 is 2.44 bits per heavy atom. The summed E-state index contributed by atoms with van der Waals surface area (Å²) in [6.07, 6.45) is -0.132. The summed E-state index contributed by atoms with van der Waals surface area (Å²) in [5, 5.41) is 8.11. The van der Waals surface area contributed by atoms with Gasteiger partial charge in [0.1, 0.15) is 5.25 Å². The number of amides is 1. The number of nitrogens with two attached hydrogens (primary N) is 1. The van der Waals surface area contributed by atoms with Gasteiger partial charge >= 0.3 is 5.97 Å². The fraction of sp³-hybridized carbons (Fsp3) is 0.273. The van der Waals surface area contributed by atoms with E-state index in [2.05, 4.69) is 0 Å². The SMILES string of the molecule is NC(=O)C[C@@H](SCc1ccccc1)C(=O)O. The minimum atomic E-state index is -1.00. The highest BCUT2D eigenvalue weighted by Gasteiger charge is 2.20. The molecule has 0 spiro atoms. The molecule has 1 aromatic carbocycles. The molecule has 0 aliphatic carbocycles. The molecule has 16 heavy (non-hydrogen) atoms. The number of carboxylic acids is 1. The summed E-state index contributed by atoms with van der Waals surface area (Å²) in [4.78, 5) is 21.5. The van der Waals surface area contributed by atoms with Crippen molar-refractivity contribution in [2.75, 3.05) is 0 Å². The van der Waals surface area contributed by atoms with Gasteiger partial charge in [0, 0.05) is 12.2 Å². The molecule has 0 saturated carbocycles. The van der Waals surface area contributed by atoms with Gasteiger partial charge in [-0.25, -0.2) is 0 Å². The highest BCUT2D eigenvalue weighted by Crippen LogP contribution is 2.20. The lowest BCUT2D eigenvalue weighted by atomic mass is 10.2. The van der Waals surface area contributed by atoms with Crippen LogP contribution in [-0.4, -0.2) is 22.2 Å². The number of benzene rings is 1. The molecular weight excluding hydrogens is 226 g/mol. The van der Waals surface area contributed by atoms with Crippen molar-refractivity contribution in [2.24, 2.45) is 5.73 Å². The normalized spacial score (nSPS) is 12.0. The van der Waals surface area contributed by atoms with E-state index < -0.39 is 17.1 Å². The lowest BCUT2D eigenvalue weighted by molar-refractivity contribution is -0.137. The lowest BCUT2D eigenvalue weighted by Crippen LogP contribution is -2.24. The zero-order valence-electron chi connectivity index (χ0n) is 8.63. The van der Waals surface area contributed by atoms with Crippen LogP contribution in [0.15, 0.2) is 30.3 Å². The van der Waals surface area contributed by atoms with Crippen LogP contribution in [-0.2, 0) is 15.3 Å². The maximum Gasteiger partial charge on any atom is 0.317 e. The maximum atomic E-state index is 10.8. The Balaban J connectivity index is 2.50. The van der Waals surface area contributed by atoms with Crippen LogP contribution < -0.4 is 5.73 Å². The summed E-state index contributed by atoms with van der Waals surface area (Å²) >= 11 is 1.21. The molecule has 0 bridgehead atoms. The Kier molecular flexibility index (Phi) is 4.85. The van der Waals surface area contributed by atoms with Gasteiger partial charge in [-0.3, -0.25) is 9.59 Å². The average Bonchev–Trinajstić information content (AvgIpc) is 2.25. The van der Waals surface area contributed by atoms with Gasteiger partial charge in [0.2, 0.25) is 5.91 Å². The van der Waals surface area contributed by atoms with Gasteiger partial charge in [-0.05, 0) is 5.56 Å². The predicted octanol–water partition coefficient (Wildman–Crippen LogP) is 1.25. The average molecular weight is 239 g/mol. The molecule has 0 unspecified atom stereocenters. The highest BCUT2D eigenvalue weighted by atomic mass is 32.2. The summed E-state index contributed by atoms with van der Waals surface area (Å²) in [6.45, 7) is 0. The van der Waals surface area contributed by atoms with Crippen molar-refractivity contribution in [3.63, 3.8) is 0 Å². The number of carboxylic acid groups (broad SMARTS) is 1. The molecule has 0 heterocycles. The minimum absolute atomic E-state index is 0.132. The second-order valence-corrected chi connectivity index (χ2v) is 4.48. The molecule has 0 aliphatic heterocycles. The molecule has 0 radical (unpaired) electrons. The fourth-order valence-corrected chi connectivity index (χ4v) is 2.18. The van der Waals surface area contributed by atoms with E-state index in [0.717, 1.165) is 5.56 Å². The van der Waals surface area contributed by atoms with Crippen molar-refractivity contribution in [3.8, 4) is 0 Å². The molecule has 0 saturated heterocycles. The first-order chi connectivity index (χ1) is 7.59. The summed E-state index contributed by atoms with van der Waals surface area (Å²) in [5.74, 6) is -1.03. The van der Waals surface area contributed by atoms with Crippen molar-refractivity contribution >= 4 is 23.6 Å². The zero-order valence-corrected chi connectivity index (χ0v) is 9.44. The Morgan fingerprint density at radius 2 is 1.94 bits per heavy atom. The molecular formula is C11H13NO3S. The molecule has 1 aromatic rings. The number of carbonyl (C=O) groups excluding carboxylic acids is 1. The highest BCUT2D eigenvalue weighted by molar-refractivity contribution is 7.99. The molecule has 1 atom stereocenters. The third-order valence-electron chi connectivity index (χ3n) is 1.96.